The van der Waals surface area contributed by atoms with Crippen LogP contribution in [0.1, 0.15) is 35.8 Å². The number of pyridine rings is 1. The number of hydrogen-bond acceptors (Lipinski definition) is 5. The van der Waals surface area contributed by atoms with E-state index in [1.807, 2.05) is 43.3 Å². The summed E-state index contributed by atoms with van der Waals surface area (Å²) in [4.78, 5) is 32.5. The molecule has 2 amide bonds. The first-order valence-corrected chi connectivity index (χ1v) is 9.56. The molecule has 0 radical (unpaired) electrons. The van der Waals surface area contributed by atoms with E-state index in [1.54, 1.807) is 24.2 Å². The molecule has 2 aromatic rings. The Bertz CT molecular complexity index is 804. The zero-order chi connectivity index (χ0) is 19.9. The van der Waals surface area contributed by atoms with Gasteiger partial charge in [0.05, 0.1) is 30.1 Å². The largest absolute Gasteiger partial charge is 0.450 e. The maximum atomic E-state index is 12.6. The fourth-order valence-corrected chi connectivity index (χ4v) is 3.19. The molecule has 0 bridgehead atoms. The molecular formula is C21H26N4O3. The van der Waals surface area contributed by atoms with Gasteiger partial charge < -0.3 is 19.9 Å². The number of nitrogens with one attached hydrogen (secondary N) is 1. The van der Waals surface area contributed by atoms with Gasteiger partial charge >= 0.3 is 6.09 Å². The topological polar surface area (TPSA) is 74.8 Å². The van der Waals surface area contributed by atoms with E-state index in [4.69, 9.17) is 4.74 Å². The standard InChI is InChI=1S/C21H26N4O3/c1-3-28-21(27)25-11-9-24(10-12-25)19-13-18(14-22-15-19)20(26)23-16(2)17-7-5-4-6-8-17/h4-8,13-16H,3,9-12H2,1-2H3,(H,23,26). The van der Waals surface area contributed by atoms with Gasteiger partial charge in [0.15, 0.2) is 0 Å². The predicted molar refractivity (Wildman–Crippen MR) is 107 cm³/mol. The number of amides is 2. The molecule has 1 saturated heterocycles. The van der Waals surface area contributed by atoms with E-state index >= 15 is 0 Å². The number of ether oxygens (including phenoxy) is 1. The van der Waals surface area contributed by atoms with Crippen LogP contribution in [0.5, 0.6) is 0 Å². The minimum atomic E-state index is -0.275. The van der Waals surface area contributed by atoms with Crippen molar-refractivity contribution in [3.63, 3.8) is 0 Å². The highest BCUT2D eigenvalue weighted by Gasteiger charge is 2.23. The molecule has 1 fully saturated rings. The Hall–Kier alpha value is -3.09. The van der Waals surface area contributed by atoms with Gasteiger partial charge in [-0.05, 0) is 25.5 Å². The Labute approximate surface area is 165 Å². The van der Waals surface area contributed by atoms with E-state index in [-0.39, 0.29) is 18.0 Å². The Kier molecular flexibility index (Phi) is 6.47. The van der Waals surface area contributed by atoms with Crippen LogP contribution in [0.3, 0.4) is 0 Å². The van der Waals surface area contributed by atoms with Gasteiger partial charge in [0.2, 0.25) is 0 Å². The van der Waals surface area contributed by atoms with Crippen LogP contribution >= 0.6 is 0 Å². The molecule has 1 aromatic carbocycles. The number of aromatic nitrogens is 1. The maximum absolute atomic E-state index is 12.6. The van der Waals surface area contributed by atoms with E-state index in [0.29, 0.717) is 38.3 Å². The van der Waals surface area contributed by atoms with Crippen LogP contribution in [0.25, 0.3) is 0 Å². The third-order valence-corrected chi connectivity index (χ3v) is 4.80. The van der Waals surface area contributed by atoms with Gasteiger partial charge in [-0.1, -0.05) is 30.3 Å². The molecule has 1 aliphatic rings. The normalized spacial score (nSPS) is 15.1. The van der Waals surface area contributed by atoms with Gasteiger partial charge in [0.1, 0.15) is 0 Å². The van der Waals surface area contributed by atoms with Crippen LogP contribution in [0, 0.1) is 0 Å². The van der Waals surface area contributed by atoms with Gasteiger partial charge in [-0.25, -0.2) is 4.79 Å². The maximum Gasteiger partial charge on any atom is 0.409 e. The lowest BCUT2D eigenvalue weighted by Crippen LogP contribution is -2.49. The minimum Gasteiger partial charge on any atom is -0.450 e. The summed E-state index contributed by atoms with van der Waals surface area (Å²) < 4.78 is 5.05. The van der Waals surface area contributed by atoms with Crippen LogP contribution in [-0.4, -0.2) is 54.7 Å². The van der Waals surface area contributed by atoms with Crippen LogP contribution in [0.15, 0.2) is 48.8 Å². The zero-order valence-corrected chi connectivity index (χ0v) is 16.3. The average Bonchev–Trinajstić information content (AvgIpc) is 2.74. The molecule has 7 heteroatoms. The molecular weight excluding hydrogens is 356 g/mol. The molecule has 0 aliphatic carbocycles. The monoisotopic (exact) mass is 382 g/mol. The first-order chi connectivity index (χ1) is 13.6. The predicted octanol–water partition coefficient (Wildman–Crippen LogP) is 2.85. The second kappa shape index (κ2) is 9.21. The number of rotatable bonds is 5. The zero-order valence-electron chi connectivity index (χ0n) is 16.3. The highest BCUT2D eigenvalue weighted by molar-refractivity contribution is 5.95. The van der Waals surface area contributed by atoms with Crippen molar-refractivity contribution in [2.75, 3.05) is 37.7 Å². The van der Waals surface area contributed by atoms with Crippen LogP contribution < -0.4 is 10.2 Å². The van der Waals surface area contributed by atoms with Crippen LogP contribution in [0.4, 0.5) is 10.5 Å². The lowest BCUT2D eigenvalue weighted by molar-refractivity contribution is 0.0939. The number of carbonyl (C=O) groups excluding carboxylic acids is 2. The van der Waals surface area contributed by atoms with Crippen molar-refractivity contribution >= 4 is 17.7 Å². The fourth-order valence-electron chi connectivity index (χ4n) is 3.19. The number of benzene rings is 1. The molecule has 7 nitrogen and oxygen atoms in total. The Morgan fingerprint density at radius 3 is 2.54 bits per heavy atom. The van der Waals surface area contributed by atoms with Crippen molar-refractivity contribution in [1.82, 2.24) is 15.2 Å². The van der Waals surface area contributed by atoms with Crippen molar-refractivity contribution in [2.45, 2.75) is 19.9 Å². The first-order valence-electron chi connectivity index (χ1n) is 9.56. The van der Waals surface area contributed by atoms with Crippen molar-refractivity contribution in [3.8, 4) is 0 Å². The van der Waals surface area contributed by atoms with Crippen molar-refractivity contribution in [3.05, 3.63) is 59.9 Å². The summed E-state index contributed by atoms with van der Waals surface area (Å²) in [5, 5.41) is 3.01. The Balaban J connectivity index is 1.61. The summed E-state index contributed by atoms with van der Waals surface area (Å²) in [5.41, 5.74) is 2.45. The summed E-state index contributed by atoms with van der Waals surface area (Å²) in [7, 11) is 0. The SMILES string of the molecule is CCOC(=O)N1CCN(c2cncc(C(=O)NC(C)c3ccccc3)c2)CC1. The van der Waals surface area contributed by atoms with Crippen molar-refractivity contribution in [1.29, 1.82) is 0 Å². The molecule has 0 saturated carbocycles. The first kappa shape index (κ1) is 19.7. The summed E-state index contributed by atoms with van der Waals surface area (Å²) in [6.07, 6.45) is 3.05. The summed E-state index contributed by atoms with van der Waals surface area (Å²) in [6.45, 7) is 6.65. The number of piperazine rings is 1. The van der Waals surface area contributed by atoms with Crippen LogP contribution in [-0.2, 0) is 4.74 Å². The molecule has 1 aromatic heterocycles. The Morgan fingerprint density at radius 1 is 1.14 bits per heavy atom. The second-order valence-corrected chi connectivity index (χ2v) is 6.71. The van der Waals surface area contributed by atoms with Gasteiger partial charge in [-0.3, -0.25) is 9.78 Å². The van der Waals surface area contributed by atoms with E-state index in [1.165, 1.54) is 0 Å². The molecule has 1 unspecified atom stereocenters. The number of anilines is 1. The third-order valence-electron chi connectivity index (χ3n) is 4.80. The quantitative estimate of drug-likeness (QED) is 0.861. The molecule has 1 aliphatic heterocycles. The van der Waals surface area contributed by atoms with Gasteiger partial charge in [0, 0.05) is 32.4 Å². The van der Waals surface area contributed by atoms with E-state index in [2.05, 4.69) is 15.2 Å². The van der Waals surface area contributed by atoms with E-state index in [0.717, 1.165) is 11.3 Å². The average molecular weight is 382 g/mol. The smallest absolute Gasteiger partial charge is 0.409 e. The molecule has 148 valence electrons. The lowest BCUT2D eigenvalue weighted by atomic mass is 10.1. The molecule has 3 rings (SSSR count). The molecule has 2 heterocycles. The molecule has 0 spiro atoms. The molecule has 28 heavy (non-hydrogen) atoms. The molecule has 1 N–H and O–H groups in total. The fraction of sp³-hybridized carbons (Fsp3) is 0.381. The lowest BCUT2D eigenvalue weighted by Gasteiger charge is -2.35. The van der Waals surface area contributed by atoms with E-state index in [9.17, 15) is 9.59 Å². The summed E-state index contributed by atoms with van der Waals surface area (Å²) in [5.74, 6) is -0.157. The van der Waals surface area contributed by atoms with Gasteiger partial charge in [0.25, 0.3) is 5.91 Å². The summed E-state index contributed by atoms with van der Waals surface area (Å²) in [6, 6.07) is 11.6. The van der Waals surface area contributed by atoms with Crippen molar-refractivity contribution in [2.24, 2.45) is 0 Å². The number of carbonyl (C=O) groups is 2. The Morgan fingerprint density at radius 2 is 1.86 bits per heavy atom. The second-order valence-electron chi connectivity index (χ2n) is 6.71. The van der Waals surface area contributed by atoms with E-state index < -0.39 is 0 Å². The number of nitrogens with zero attached hydrogens (tertiary/aromatic N) is 3. The van der Waals surface area contributed by atoms with Crippen molar-refractivity contribution < 1.29 is 14.3 Å². The molecule has 1 atom stereocenters. The van der Waals surface area contributed by atoms with Gasteiger partial charge in [-0.15, -0.1) is 0 Å². The minimum absolute atomic E-state index is 0.0921. The number of hydrogen-bond donors (Lipinski definition) is 1. The highest BCUT2D eigenvalue weighted by Crippen LogP contribution is 2.18. The van der Waals surface area contributed by atoms with Crippen LogP contribution in [0.2, 0.25) is 0 Å². The van der Waals surface area contributed by atoms with Gasteiger partial charge in [-0.2, -0.15) is 0 Å². The third kappa shape index (κ3) is 4.79. The highest BCUT2D eigenvalue weighted by atomic mass is 16.6. The summed E-state index contributed by atoms with van der Waals surface area (Å²) >= 11 is 0.